The van der Waals surface area contributed by atoms with E-state index in [2.05, 4.69) is 5.32 Å². The van der Waals surface area contributed by atoms with E-state index in [-0.39, 0.29) is 18.4 Å². The lowest BCUT2D eigenvalue weighted by Crippen LogP contribution is -2.49. The normalized spacial score (nSPS) is 17.2. The van der Waals surface area contributed by atoms with E-state index in [1.165, 1.54) is 7.11 Å². The molecule has 0 spiro atoms. The van der Waals surface area contributed by atoms with Crippen molar-refractivity contribution in [2.45, 2.75) is 11.8 Å². The Kier molecular flexibility index (Phi) is 6.81. The molecule has 0 aliphatic carbocycles. The molecular weight excluding hydrogens is 329 g/mol. The second kappa shape index (κ2) is 7.90. The predicted molar refractivity (Wildman–Crippen MR) is 93.3 cm³/mol. The molecule has 6 heteroatoms. The van der Waals surface area contributed by atoms with Gasteiger partial charge in [0.05, 0.1) is 7.11 Å². The molecule has 0 radical (unpaired) electrons. The monoisotopic (exact) mass is 347 g/mol. The first-order valence-electron chi connectivity index (χ1n) is 6.38. The van der Waals surface area contributed by atoms with Gasteiger partial charge in [-0.05, 0) is 23.4 Å². The highest BCUT2D eigenvalue weighted by Crippen LogP contribution is 2.53. The number of carbonyl (C=O) groups is 1. The smallest absolute Gasteiger partial charge is 0.340 e. The summed E-state index contributed by atoms with van der Waals surface area (Å²) >= 11 is 6.34. The third-order valence-corrected chi connectivity index (χ3v) is 5.84. The number of allylic oxidation sites excluding steroid dienone is 2. The molecule has 1 heterocycles. The largest absolute Gasteiger partial charge is 0.467 e. The maximum Gasteiger partial charge on any atom is 0.340 e. The van der Waals surface area contributed by atoms with Gasteiger partial charge in [0.2, 0.25) is 0 Å². The van der Waals surface area contributed by atoms with Crippen LogP contribution in [0, 0.1) is 0 Å². The van der Waals surface area contributed by atoms with E-state index >= 15 is 0 Å². The number of methoxy groups -OCH3 is 1. The van der Waals surface area contributed by atoms with Gasteiger partial charge in [0.25, 0.3) is 0 Å². The Morgan fingerprint density at radius 2 is 1.95 bits per heavy atom. The van der Waals surface area contributed by atoms with Crippen LogP contribution in [0.5, 0.6) is 0 Å². The number of benzene rings is 1. The molecule has 2 rings (SSSR count). The van der Waals surface area contributed by atoms with Crippen molar-refractivity contribution < 1.29 is 9.53 Å². The number of esters is 1. The summed E-state index contributed by atoms with van der Waals surface area (Å²) in [6.07, 6.45) is 3.91. The molecule has 0 bridgehead atoms. The van der Waals surface area contributed by atoms with Crippen molar-refractivity contribution in [3.05, 3.63) is 57.8 Å². The average Bonchev–Trinajstić information content (AvgIpc) is 2.99. The van der Waals surface area contributed by atoms with Gasteiger partial charge in [-0.1, -0.05) is 48.9 Å². The molecule has 1 aromatic rings. The molecule has 0 fully saturated rings. The molecule has 1 aromatic carbocycles. The van der Waals surface area contributed by atoms with Crippen molar-refractivity contribution in [2.75, 3.05) is 13.7 Å². The highest BCUT2D eigenvalue weighted by molar-refractivity contribution is 8.23. The van der Waals surface area contributed by atoms with Crippen LogP contribution in [0.15, 0.2) is 47.2 Å². The highest BCUT2D eigenvalue weighted by atomic mass is 35.5. The standard InChI is InChI=1S/C15H18ClNO2S.ClH/c1-3-17-15(14(18)19-2,20-10-6-7-11-20)12-8-4-5-9-13(12)16;/h4-11,17,20H,3H2,1-2H3;1H. The zero-order valence-electron chi connectivity index (χ0n) is 11.9. The van der Waals surface area contributed by atoms with Gasteiger partial charge < -0.3 is 4.74 Å². The first-order chi connectivity index (χ1) is 9.66. The fraction of sp³-hybridized carbons (Fsp3) is 0.267. The number of rotatable bonds is 5. The minimum absolute atomic E-state index is 0. The molecule has 1 atom stereocenters. The third kappa shape index (κ3) is 3.29. The number of likely N-dealkylation sites (N-methyl/N-ethyl adjacent to an activating group) is 1. The molecule has 1 unspecified atom stereocenters. The molecule has 0 saturated heterocycles. The second-order valence-corrected chi connectivity index (χ2v) is 6.79. The average molecular weight is 348 g/mol. The van der Waals surface area contributed by atoms with E-state index < -0.39 is 15.8 Å². The van der Waals surface area contributed by atoms with E-state index in [0.29, 0.717) is 11.6 Å². The number of halogens is 2. The van der Waals surface area contributed by atoms with Crippen LogP contribution < -0.4 is 5.32 Å². The number of carbonyl (C=O) groups excluding carboxylic acids is 1. The molecule has 0 amide bonds. The lowest BCUT2D eigenvalue weighted by molar-refractivity contribution is -0.144. The van der Waals surface area contributed by atoms with Crippen molar-refractivity contribution in [1.29, 1.82) is 0 Å². The SMILES string of the molecule is CCNC(C(=O)OC)(c1ccccc1Cl)[SH]1C=CC=C1.Cl. The summed E-state index contributed by atoms with van der Waals surface area (Å²) in [7, 11) is 0.539. The highest BCUT2D eigenvalue weighted by Gasteiger charge is 2.46. The maximum absolute atomic E-state index is 12.6. The van der Waals surface area contributed by atoms with E-state index in [0.717, 1.165) is 5.56 Å². The molecule has 0 saturated carbocycles. The molecule has 1 aliphatic rings. The Labute approximate surface area is 139 Å². The van der Waals surface area contributed by atoms with E-state index in [1.807, 2.05) is 48.1 Å². The van der Waals surface area contributed by atoms with Crippen LogP contribution in [0.4, 0.5) is 0 Å². The zero-order chi connectivity index (χ0) is 14.6. The van der Waals surface area contributed by atoms with Crippen molar-refractivity contribution in [2.24, 2.45) is 0 Å². The zero-order valence-corrected chi connectivity index (χ0v) is 14.3. The summed E-state index contributed by atoms with van der Waals surface area (Å²) in [5.74, 6) is -0.310. The summed E-state index contributed by atoms with van der Waals surface area (Å²) in [5.41, 5.74) is 0.762. The van der Waals surface area contributed by atoms with E-state index in [9.17, 15) is 4.79 Å². The van der Waals surface area contributed by atoms with Crippen LogP contribution in [0.2, 0.25) is 5.02 Å². The second-order valence-electron chi connectivity index (χ2n) is 4.30. The van der Waals surface area contributed by atoms with Gasteiger partial charge in [0.15, 0.2) is 4.87 Å². The van der Waals surface area contributed by atoms with Crippen molar-refractivity contribution >= 4 is 40.9 Å². The minimum atomic E-state index is -0.930. The first-order valence-corrected chi connectivity index (χ1v) is 8.24. The van der Waals surface area contributed by atoms with Gasteiger partial charge in [-0.2, -0.15) is 10.9 Å². The fourth-order valence-corrected chi connectivity index (χ4v) is 4.90. The molecule has 116 valence electrons. The Balaban J connectivity index is 0.00000220. The predicted octanol–water partition coefficient (Wildman–Crippen LogP) is 3.74. The van der Waals surface area contributed by atoms with Crippen molar-refractivity contribution in [3.8, 4) is 0 Å². The number of hydrogen-bond donors (Lipinski definition) is 2. The summed E-state index contributed by atoms with van der Waals surface area (Å²) in [6, 6.07) is 7.41. The first kappa shape index (κ1) is 18.1. The number of thiol groups is 1. The van der Waals surface area contributed by atoms with Crippen molar-refractivity contribution in [3.63, 3.8) is 0 Å². The fourth-order valence-electron chi connectivity index (χ4n) is 2.33. The molecule has 1 aliphatic heterocycles. The van der Waals surface area contributed by atoms with E-state index in [1.54, 1.807) is 6.07 Å². The summed E-state index contributed by atoms with van der Waals surface area (Å²) in [5, 5.41) is 7.96. The van der Waals surface area contributed by atoms with Crippen LogP contribution in [0.3, 0.4) is 0 Å². The Hall–Kier alpha value is -0.940. The lowest BCUT2D eigenvalue weighted by Gasteiger charge is -2.38. The van der Waals surface area contributed by atoms with Crippen LogP contribution in [0.1, 0.15) is 12.5 Å². The van der Waals surface area contributed by atoms with Gasteiger partial charge >= 0.3 is 5.97 Å². The maximum atomic E-state index is 12.6. The lowest BCUT2D eigenvalue weighted by atomic mass is 10.1. The van der Waals surface area contributed by atoms with E-state index in [4.69, 9.17) is 16.3 Å². The molecule has 0 aromatic heterocycles. The third-order valence-electron chi connectivity index (χ3n) is 3.17. The number of ether oxygens (including phenoxy) is 1. The number of nitrogens with one attached hydrogen (secondary N) is 1. The molecule has 21 heavy (non-hydrogen) atoms. The summed E-state index contributed by atoms with van der Waals surface area (Å²) in [6.45, 7) is 2.61. The molecule has 1 N–H and O–H groups in total. The van der Waals surface area contributed by atoms with Crippen LogP contribution in [0.25, 0.3) is 0 Å². The van der Waals surface area contributed by atoms with Crippen LogP contribution >= 0.6 is 34.9 Å². The van der Waals surface area contributed by atoms with Gasteiger partial charge in [-0.25, -0.2) is 4.79 Å². The van der Waals surface area contributed by atoms with Crippen molar-refractivity contribution in [1.82, 2.24) is 5.32 Å². The molecular formula is C15H19Cl2NO2S. The Morgan fingerprint density at radius 1 is 1.33 bits per heavy atom. The molecule has 3 nitrogen and oxygen atoms in total. The van der Waals surface area contributed by atoms with Crippen LogP contribution in [-0.4, -0.2) is 19.6 Å². The van der Waals surface area contributed by atoms with Gasteiger partial charge in [-0.3, -0.25) is 5.32 Å². The minimum Gasteiger partial charge on any atom is -0.467 e. The quantitative estimate of drug-likeness (QED) is 0.629. The van der Waals surface area contributed by atoms with Gasteiger partial charge in [0, 0.05) is 10.6 Å². The summed E-state index contributed by atoms with van der Waals surface area (Å²) in [4.78, 5) is 11.6. The van der Waals surface area contributed by atoms with Gasteiger partial charge in [-0.15, -0.1) is 12.4 Å². The number of hydrogen-bond acceptors (Lipinski definition) is 3. The van der Waals surface area contributed by atoms with Crippen LogP contribution in [-0.2, 0) is 14.4 Å². The Bertz CT molecular complexity index is 550. The topological polar surface area (TPSA) is 38.3 Å². The van der Waals surface area contributed by atoms with Gasteiger partial charge in [0.1, 0.15) is 0 Å². The Morgan fingerprint density at radius 3 is 2.48 bits per heavy atom. The summed E-state index contributed by atoms with van der Waals surface area (Å²) < 4.78 is 5.08.